The Morgan fingerprint density at radius 2 is 1.70 bits per heavy atom. The van der Waals surface area contributed by atoms with Crippen molar-refractivity contribution in [1.82, 2.24) is 10.2 Å². The molecule has 7 heteroatoms. The lowest BCUT2D eigenvalue weighted by atomic mass is 9.76. The van der Waals surface area contributed by atoms with E-state index in [9.17, 15) is 22.8 Å². The van der Waals surface area contributed by atoms with Crippen LogP contribution < -0.4 is 5.32 Å². The maximum Gasteiger partial charge on any atom is 0.406 e. The highest BCUT2D eigenvalue weighted by atomic mass is 19.4. The zero-order valence-electron chi connectivity index (χ0n) is 11.6. The van der Waals surface area contributed by atoms with E-state index >= 15 is 0 Å². The van der Waals surface area contributed by atoms with Crippen LogP contribution in [-0.4, -0.2) is 40.5 Å². The molecule has 0 radical (unpaired) electrons. The van der Waals surface area contributed by atoms with Crippen molar-refractivity contribution in [3.63, 3.8) is 0 Å². The average molecular weight is 292 g/mol. The Balaban J connectivity index is 2.40. The lowest BCUT2D eigenvalue weighted by Crippen LogP contribution is -2.75. The standard InChI is InChI=1S/C13H19F3N2O2/c1-11(2)10(20)18(8-13(14,15)16)12(9(19)17-11)6-4-3-5-7-12/h3-8H2,1-2H3,(H,17,19). The Hall–Kier alpha value is -1.27. The van der Waals surface area contributed by atoms with E-state index in [0.717, 1.165) is 11.3 Å². The van der Waals surface area contributed by atoms with Gasteiger partial charge in [0, 0.05) is 0 Å². The van der Waals surface area contributed by atoms with Crippen molar-refractivity contribution in [2.24, 2.45) is 0 Å². The summed E-state index contributed by atoms with van der Waals surface area (Å²) in [6.45, 7) is 1.52. The molecule has 0 aromatic carbocycles. The van der Waals surface area contributed by atoms with Crippen LogP contribution in [0.4, 0.5) is 13.2 Å². The summed E-state index contributed by atoms with van der Waals surface area (Å²) in [4.78, 5) is 25.5. The third-order valence-electron chi connectivity index (χ3n) is 4.16. The normalized spacial score (nSPS) is 25.8. The van der Waals surface area contributed by atoms with Crippen LogP contribution in [0.1, 0.15) is 46.0 Å². The molecule has 20 heavy (non-hydrogen) atoms. The lowest BCUT2D eigenvalue weighted by molar-refractivity contribution is -0.189. The molecule has 2 aliphatic rings. The van der Waals surface area contributed by atoms with E-state index in [1.54, 1.807) is 0 Å². The summed E-state index contributed by atoms with van der Waals surface area (Å²) < 4.78 is 38.4. The van der Waals surface area contributed by atoms with Crippen molar-refractivity contribution in [2.45, 2.75) is 63.2 Å². The molecule has 4 nitrogen and oxygen atoms in total. The summed E-state index contributed by atoms with van der Waals surface area (Å²) in [5.74, 6) is -1.11. The number of amides is 2. The quantitative estimate of drug-likeness (QED) is 0.803. The van der Waals surface area contributed by atoms with Crippen LogP contribution in [0.15, 0.2) is 0 Å². The van der Waals surface area contributed by atoms with Gasteiger partial charge in [-0.3, -0.25) is 9.59 Å². The molecule has 2 amide bonds. The first-order chi connectivity index (χ1) is 9.08. The van der Waals surface area contributed by atoms with Crippen LogP contribution in [0.3, 0.4) is 0 Å². The van der Waals surface area contributed by atoms with E-state index < -0.39 is 35.6 Å². The molecular formula is C13H19F3N2O2. The number of piperazine rings is 1. The van der Waals surface area contributed by atoms with E-state index in [1.807, 2.05) is 0 Å². The molecule has 2 fully saturated rings. The molecule has 1 heterocycles. The van der Waals surface area contributed by atoms with Crippen LogP contribution in [0.25, 0.3) is 0 Å². The number of halogens is 3. The van der Waals surface area contributed by atoms with E-state index in [1.165, 1.54) is 13.8 Å². The number of hydrogen-bond acceptors (Lipinski definition) is 2. The predicted octanol–water partition coefficient (Wildman–Crippen LogP) is 1.99. The van der Waals surface area contributed by atoms with Gasteiger partial charge in [-0.15, -0.1) is 0 Å². The van der Waals surface area contributed by atoms with Gasteiger partial charge in [0.2, 0.25) is 11.8 Å². The molecule has 0 aromatic heterocycles. The highest BCUT2D eigenvalue weighted by Crippen LogP contribution is 2.39. The Morgan fingerprint density at radius 3 is 2.20 bits per heavy atom. The van der Waals surface area contributed by atoms with Crippen molar-refractivity contribution < 1.29 is 22.8 Å². The molecular weight excluding hydrogens is 273 g/mol. The van der Waals surface area contributed by atoms with Crippen molar-refractivity contribution >= 4 is 11.8 Å². The van der Waals surface area contributed by atoms with E-state index in [4.69, 9.17) is 0 Å². The molecule has 1 spiro atoms. The van der Waals surface area contributed by atoms with Crippen LogP contribution in [-0.2, 0) is 9.59 Å². The molecule has 1 aliphatic heterocycles. The van der Waals surface area contributed by atoms with Crippen molar-refractivity contribution in [1.29, 1.82) is 0 Å². The third-order valence-corrected chi connectivity index (χ3v) is 4.16. The fraction of sp³-hybridized carbons (Fsp3) is 0.846. The van der Waals surface area contributed by atoms with Gasteiger partial charge in [0.25, 0.3) is 0 Å². The van der Waals surface area contributed by atoms with Gasteiger partial charge in [-0.2, -0.15) is 13.2 Å². The molecule has 0 atom stereocenters. The van der Waals surface area contributed by atoms with Gasteiger partial charge >= 0.3 is 6.18 Å². The minimum absolute atomic E-state index is 0.302. The minimum atomic E-state index is -4.51. The summed E-state index contributed by atoms with van der Waals surface area (Å²) in [6, 6.07) is 0. The van der Waals surface area contributed by atoms with Gasteiger partial charge in [0.1, 0.15) is 17.6 Å². The first kappa shape index (κ1) is 15.1. The molecule has 1 aliphatic carbocycles. The highest BCUT2D eigenvalue weighted by Gasteiger charge is 2.57. The van der Waals surface area contributed by atoms with Gasteiger partial charge in [-0.1, -0.05) is 19.3 Å². The topological polar surface area (TPSA) is 49.4 Å². The molecule has 1 saturated heterocycles. The Labute approximate surface area is 115 Å². The minimum Gasteiger partial charge on any atom is -0.340 e. The van der Waals surface area contributed by atoms with Crippen LogP contribution in [0.2, 0.25) is 0 Å². The fourth-order valence-electron chi connectivity index (χ4n) is 3.14. The molecule has 0 aromatic rings. The number of rotatable bonds is 1. The zero-order chi connectivity index (χ0) is 15.2. The Morgan fingerprint density at radius 1 is 1.15 bits per heavy atom. The number of hydrogen-bond donors (Lipinski definition) is 1. The van der Waals surface area contributed by atoms with Crippen molar-refractivity contribution in [2.75, 3.05) is 6.54 Å². The number of carbonyl (C=O) groups excluding carboxylic acids is 2. The van der Waals surface area contributed by atoms with Crippen LogP contribution in [0.5, 0.6) is 0 Å². The summed E-state index contributed by atoms with van der Waals surface area (Å²) in [7, 11) is 0. The molecule has 2 rings (SSSR count). The van der Waals surface area contributed by atoms with E-state index in [2.05, 4.69) is 5.32 Å². The van der Waals surface area contributed by atoms with E-state index in [-0.39, 0.29) is 0 Å². The largest absolute Gasteiger partial charge is 0.406 e. The van der Waals surface area contributed by atoms with Gasteiger partial charge in [0.05, 0.1) is 0 Å². The van der Waals surface area contributed by atoms with Gasteiger partial charge < -0.3 is 10.2 Å². The predicted molar refractivity (Wildman–Crippen MR) is 65.8 cm³/mol. The average Bonchev–Trinajstić information content (AvgIpc) is 2.33. The van der Waals surface area contributed by atoms with Crippen molar-refractivity contribution in [3.05, 3.63) is 0 Å². The third kappa shape index (κ3) is 2.50. The summed E-state index contributed by atoms with van der Waals surface area (Å²) in [5.41, 5.74) is -2.61. The monoisotopic (exact) mass is 292 g/mol. The summed E-state index contributed by atoms with van der Waals surface area (Å²) in [6.07, 6.45) is -1.70. The molecule has 114 valence electrons. The second kappa shape index (κ2) is 4.63. The van der Waals surface area contributed by atoms with Crippen molar-refractivity contribution in [3.8, 4) is 0 Å². The highest BCUT2D eigenvalue weighted by molar-refractivity contribution is 6.02. The molecule has 0 unspecified atom stereocenters. The zero-order valence-corrected chi connectivity index (χ0v) is 11.6. The van der Waals surface area contributed by atoms with Crippen LogP contribution in [0, 0.1) is 0 Å². The molecule has 0 bridgehead atoms. The smallest absolute Gasteiger partial charge is 0.340 e. The van der Waals surface area contributed by atoms with E-state index in [0.29, 0.717) is 25.7 Å². The summed E-state index contributed by atoms with van der Waals surface area (Å²) in [5, 5.41) is 2.58. The number of nitrogens with zero attached hydrogens (tertiary/aromatic N) is 1. The van der Waals surface area contributed by atoms with Gasteiger partial charge in [0.15, 0.2) is 0 Å². The fourth-order valence-corrected chi connectivity index (χ4v) is 3.14. The number of alkyl halides is 3. The SMILES string of the molecule is CC1(C)NC(=O)C2(CCCCC2)N(CC(F)(F)F)C1=O. The maximum atomic E-state index is 12.8. The van der Waals surface area contributed by atoms with Crippen LogP contribution >= 0.6 is 0 Å². The van der Waals surface area contributed by atoms with Gasteiger partial charge in [-0.25, -0.2) is 0 Å². The first-order valence-electron chi connectivity index (χ1n) is 6.80. The molecule has 1 N–H and O–H groups in total. The Kier molecular flexibility index (Phi) is 3.50. The summed E-state index contributed by atoms with van der Waals surface area (Å²) >= 11 is 0. The number of nitrogens with one attached hydrogen (secondary N) is 1. The number of carbonyl (C=O) groups is 2. The second-order valence-electron chi connectivity index (χ2n) is 6.18. The molecule has 1 saturated carbocycles. The Bertz CT molecular complexity index is 426. The van der Waals surface area contributed by atoms with Gasteiger partial charge in [-0.05, 0) is 26.7 Å². The second-order valence-corrected chi connectivity index (χ2v) is 6.18. The maximum absolute atomic E-state index is 12.8. The first-order valence-corrected chi connectivity index (χ1v) is 6.80. The lowest BCUT2D eigenvalue weighted by Gasteiger charge is -2.52.